The number of fused-ring (bicyclic) bond motifs is 1. The Morgan fingerprint density at radius 1 is 1.25 bits per heavy atom. The Kier molecular flexibility index (Phi) is 8.73. The van der Waals surface area contributed by atoms with Crippen LogP contribution in [0.3, 0.4) is 0 Å². The largest absolute Gasteiger partial charge is 0.382 e. The SMILES string of the molecule is CCOCCCn1c(SCC(=O)N(C)C(C)c2ccccc2)nc2cc(Cl)ccc2c1=O. The van der Waals surface area contributed by atoms with Gasteiger partial charge in [0.15, 0.2) is 5.16 Å². The number of amides is 1. The molecule has 0 spiro atoms. The average Bonchev–Trinajstić information content (AvgIpc) is 2.81. The zero-order chi connectivity index (χ0) is 23.1. The monoisotopic (exact) mass is 473 g/mol. The lowest BCUT2D eigenvalue weighted by atomic mass is 10.1. The molecule has 1 atom stereocenters. The highest BCUT2D eigenvalue weighted by molar-refractivity contribution is 7.99. The molecule has 1 heterocycles. The van der Waals surface area contributed by atoms with Crippen LogP contribution in [0.15, 0.2) is 58.5 Å². The number of rotatable bonds is 10. The van der Waals surface area contributed by atoms with Crippen molar-refractivity contribution in [1.82, 2.24) is 14.5 Å². The number of aromatic nitrogens is 2. The topological polar surface area (TPSA) is 64.4 Å². The van der Waals surface area contributed by atoms with Crippen molar-refractivity contribution in [1.29, 1.82) is 0 Å². The van der Waals surface area contributed by atoms with E-state index in [1.54, 1.807) is 34.7 Å². The van der Waals surface area contributed by atoms with Crippen LogP contribution >= 0.6 is 23.4 Å². The van der Waals surface area contributed by atoms with Gasteiger partial charge in [0.1, 0.15) is 0 Å². The van der Waals surface area contributed by atoms with Crippen LogP contribution in [0.25, 0.3) is 10.9 Å². The van der Waals surface area contributed by atoms with E-state index in [4.69, 9.17) is 16.3 Å². The van der Waals surface area contributed by atoms with Crippen LogP contribution in [0.5, 0.6) is 0 Å². The maximum Gasteiger partial charge on any atom is 0.262 e. The third-order valence-corrected chi connectivity index (χ3v) is 6.53. The van der Waals surface area contributed by atoms with Gasteiger partial charge < -0.3 is 9.64 Å². The van der Waals surface area contributed by atoms with Crippen molar-refractivity contribution >= 4 is 40.2 Å². The third kappa shape index (κ3) is 5.91. The molecule has 0 N–H and O–H groups in total. The molecule has 1 aromatic heterocycles. The zero-order valence-electron chi connectivity index (χ0n) is 18.6. The Morgan fingerprint density at radius 3 is 2.72 bits per heavy atom. The molecule has 8 heteroatoms. The van der Waals surface area contributed by atoms with Gasteiger partial charge in [-0.3, -0.25) is 14.2 Å². The Balaban J connectivity index is 1.81. The van der Waals surface area contributed by atoms with E-state index >= 15 is 0 Å². The number of nitrogens with zero attached hydrogens (tertiary/aromatic N) is 3. The lowest BCUT2D eigenvalue weighted by Gasteiger charge is -2.25. The van der Waals surface area contributed by atoms with E-state index in [1.165, 1.54) is 11.8 Å². The first-order chi connectivity index (χ1) is 15.4. The molecule has 3 rings (SSSR count). The van der Waals surface area contributed by atoms with Gasteiger partial charge in [0.25, 0.3) is 5.56 Å². The molecule has 0 aliphatic carbocycles. The summed E-state index contributed by atoms with van der Waals surface area (Å²) in [6.07, 6.45) is 0.682. The van der Waals surface area contributed by atoms with Gasteiger partial charge in [-0.1, -0.05) is 53.7 Å². The predicted octanol–water partition coefficient (Wildman–Crippen LogP) is 4.79. The Bertz CT molecular complexity index is 1120. The fraction of sp³-hybridized carbons (Fsp3) is 0.375. The van der Waals surface area contributed by atoms with Crippen LogP contribution in [-0.4, -0.2) is 46.4 Å². The molecule has 1 unspecified atom stereocenters. The molecule has 0 saturated heterocycles. The second-order valence-corrected chi connectivity index (χ2v) is 8.82. The van der Waals surface area contributed by atoms with Gasteiger partial charge in [0.2, 0.25) is 5.91 Å². The highest BCUT2D eigenvalue weighted by Crippen LogP contribution is 2.23. The number of hydrogen-bond acceptors (Lipinski definition) is 5. The second kappa shape index (κ2) is 11.5. The van der Waals surface area contributed by atoms with Crippen LogP contribution in [0.4, 0.5) is 0 Å². The van der Waals surface area contributed by atoms with Gasteiger partial charge in [-0.05, 0) is 44.0 Å². The van der Waals surface area contributed by atoms with Crippen LogP contribution in [0.2, 0.25) is 5.02 Å². The van der Waals surface area contributed by atoms with E-state index in [2.05, 4.69) is 4.98 Å². The molecule has 170 valence electrons. The van der Waals surface area contributed by atoms with E-state index in [-0.39, 0.29) is 23.3 Å². The number of hydrogen-bond donors (Lipinski definition) is 0. The van der Waals surface area contributed by atoms with Gasteiger partial charge in [0.05, 0.1) is 22.7 Å². The number of halogens is 1. The normalized spacial score (nSPS) is 12.1. The van der Waals surface area contributed by atoms with Crippen LogP contribution in [-0.2, 0) is 16.1 Å². The summed E-state index contributed by atoms with van der Waals surface area (Å²) in [5.74, 6) is 0.144. The number of carbonyl (C=O) groups is 1. The van der Waals surface area contributed by atoms with Crippen molar-refractivity contribution in [3.05, 3.63) is 69.5 Å². The van der Waals surface area contributed by atoms with Gasteiger partial charge in [-0.2, -0.15) is 0 Å². The number of benzene rings is 2. The van der Waals surface area contributed by atoms with Crippen molar-refractivity contribution in [3.8, 4) is 0 Å². The average molecular weight is 474 g/mol. The third-order valence-electron chi connectivity index (χ3n) is 5.34. The summed E-state index contributed by atoms with van der Waals surface area (Å²) in [7, 11) is 1.79. The van der Waals surface area contributed by atoms with Crippen molar-refractivity contribution in [2.24, 2.45) is 0 Å². The molecule has 0 bridgehead atoms. The fourth-order valence-electron chi connectivity index (χ4n) is 3.35. The smallest absolute Gasteiger partial charge is 0.262 e. The van der Waals surface area contributed by atoms with Crippen molar-refractivity contribution in [2.75, 3.05) is 26.0 Å². The number of thioether (sulfide) groups is 1. The molecular weight excluding hydrogens is 446 g/mol. The molecule has 6 nitrogen and oxygen atoms in total. The van der Waals surface area contributed by atoms with E-state index < -0.39 is 0 Å². The van der Waals surface area contributed by atoms with Gasteiger partial charge in [-0.15, -0.1) is 0 Å². The van der Waals surface area contributed by atoms with E-state index in [9.17, 15) is 9.59 Å². The van der Waals surface area contributed by atoms with Crippen molar-refractivity contribution < 1.29 is 9.53 Å². The van der Waals surface area contributed by atoms with Crippen LogP contribution < -0.4 is 5.56 Å². The maximum atomic E-state index is 13.1. The lowest BCUT2D eigenvalue weighted by Crippen LogP contribution is -2.31. The van der Waals surface area contributed by atoms with Gasteiger partial charge in [0, 0.05) is 31.8 Å². The summed E-state index contributed by atoms with van der Waals surface area (Å²) in [5.41, 5.74) is 1.47. The molecule has 32 heavy (non-hydrogen) atoms. The predicted molar refractivity (Wildman–Crippen MR) is 130 cm³/mol. The minimum absolute atomic E-state index is 0.0346. The minimum atomic E-state index is -0.135. The summed E-state index contributed by atoms with van der Waals surface area (Å²) >= 11 is 7.38. The summed E-state index contributed by atoms with van der Waals surface area (Å²) in [6, 6.07) is 14.9. The van der Waals surface area contributed by atoms with Crippen molar-refractivity contribution in [3.63, 3.8) is 0 Å². The molecule has 2 aromatic carbocycles. The lowest BCUT2D eigenvalue weighted by molar-refractivity contribution is -0.128. The first-order valence-corrected chi connectivity index (χ1v) is 12.0. The Labute approximate surface area is 197 Å². The maximum absolute atomic E-state index is 13.1. The molecule has 0 fully saturated rings. The molecule has 3 aromatic rings. The van der Waals surface area contributed by atoms with Crippen LogP contribution in [0.1, 0.15) is 31.9 Å². The first kappa shape index (κ1) is 24.3. The fourth-order valence-corrected chi connectivity index (χ4v) is 4.46. The van der Waals surface area contributed by atoms with E-state index in [0.717, 1.165) is 5.56 Å². The van der Waals surface area contributed by atoms with E-state index in [1.807, 2.05) is 44.2 Å². The molecule has 0 aliphatic rings. The minimum Gasteiger partial charge on any atom is -0.382 e. The summed E-state index contributed by atoms with van der Waals surface area (Å²) in [4.78, 5) is 32.4. The number of carbonyl (C=O) groups excluding carboxylic acids is 1. The van der Waals surface area contributed by atoms with Gasteiger partial charge in [-0.25, -0.2) is 4.98 Å². The van der Waals surface area contributed by atoms with Crippen LogP contribution in [0, 0.1) is 0 Å². The quantitative estimate of drug-likeness (QED) is 0.241. The Morgan fingerprint density at radius 2 is 2.00 bits per heavy atom. The molecular formula is C24H28ClN3O3S. The van der Waals surface area contributed by atoms with Crippen molar-refractivity contribution in [2.45, 2.75) is 38.0 Å². The highest BCUT2D eigenvalue weighted by atomic mass is 35.5. The summed E-state index contributed by atoms with van der Waals surface area (Å²) < 4.78 is 7.05. The summed E-state index contributed by atoms with van der Waals surface area (Å²) in [6.45, 7) is 5.59. The molecule has 1 amide bonds. The standard InChI is InChI=1S/C24H28ClN3O3S/c1-4-31-14-8-13-28-23(30)20-12-11-19(25)15-21(20)26-24(28)32-16-22(29)27(3)17(2)18-9-6-5-7-10-18/h5-7,9-12,15,17H,4,8,13-14,16H2,1-3H3. The summed E-state index contributed by atoms with van der Waals surface area (Å²) in [5, 5.41) is 1.54. The molecule has 0 saturated carbocycles. The molecule has 0 aliphatic heterocycles. The Hall–Kier alpha value is -2.35. The zero-order valence-corrected chi connectivity index (χ0v) is 20.2. The number of ether oxygens (including phenoxy) is 1. The first-order valence-electron chi connectivity index (χ1n) is 10.6. The molecule has 0 radical (unpaired) electrons. The van der Waals surface area contributed by atoms with Gasteiger partial charge >= 0.3 is 0 Å². The van der Waals surface area contributed by atoms with E-state index in [0.29, 0.717) is 47.3 Å². The highest BCUT2D eigenvalue weighted by Gasteiger charge is 2.19. The second-order valence-electron chi connectivity index (χ2n) is 7.44.